The van der Waals surface area contributed by atoms with Crippen LogP contribution in [0.25, 0.3) is 0 Å². The molecule has 0 radical (unpaired) electrons. The Labute approximate surface area is 126 Å². The van der Waals surface area contributed by atoms with Crippen molar-refractivity contribution in [3.8, 4) is 0 Å². The molecule has 1 aromatic carbocycles. The molecule has 1 atom stereocenters. The van der Waals surface area contributed by atoms with Gasteiger partial charge >= 0.3 is 5.97 Å². The second kappa shape index (κ2) is 6.88. The van der Waals surface area contributed by atoms with E-state index in [1.54, 1.807) is 0 Å². The molecule has 0 aliphatic rings. The van der Waals surface area contributed by atoms with Crippen LogP contribution in [0.15, 0.2) is 23.1 Å². The fourth-order valence-electron chi connectivity index (χ4n) is 1.56. The first-order valence-electron chi connectivity index (χ1n) is 5.81. The first-order valence-corrected chi connectivity index (χ1v) is 8.08. The molecule has 0 fully saturated rings. The van der Waals surface area contributed by atoms with Crippen molar-refractivity contribution < 1.29 is 28.2 Å². The van der Waals surface area contributed by atoms with E-state index in [4.69, 9.17) is 21.8 Å². The normalized spacial score (nSPS) is 12.7. The van der Waals surface area contributed by atoms with E-state index in [0.29, 0.717) is 0 Å². The van der Waals surface area contributed by atoms with E-state index in [2.05, 4.69) is 5.32 Å². The maximum absolute atomic E-state index is 11.9. The highest BCUT2D eigenvalue weighted by Gasteiger charge is 2.21. The molecule has 0 saturated carbocycles. The lowest BCUT2D eigenvalue weighted by atomic mass is 10.1. The van der Waals surface area contributed by atoms with Crippen LogP contribution in [0.3, 0.4) is 0 Å². The summed E-state index contributed by atoms with van der Waals surface area (Å²) in [6.07, 6.45) is 0.787. The summed E-state index contributed by atoms with van der Waals surface area (Å²) in [5.74, 6) is -2.06. The van der Waals surface area contributed by atoms with Crippen molar-refractivity contribution >= 4 is 33.3 Å². The zero-order valence-corrected chi connectivity index (χ0v) is 12.6. The average Bonchev–Trinajstić information content (AvgIpc) is 2.37. The molecule has 0 aromatic heterocycles. The van der Waals surface area contributed by atoms with Crippen LogP contribution in [-0.4, -0.2) is 49.4 Å². The fraction of sp³-hybridized carbons (Fsp3) is 0.333. The molecule has 7 nitrogen and oxygen atoms in total. The molecule has 0 bridgehead atoms. The zero-order chi connectivity index (χ0) is 16.2. The van der Waals surface area contributed by atoms with Crippen LogP contribution in [0.4, 0.5) is 0 Å². The van der Waals surface area contributed by atoms with Crippen molar-refractivity contribution in [2.24, 2.45) is 0 Å². The molecular formula is C12H14ClNO6S. The van der Waals surface area contributed by atoms with Gasteiger partial charge in [-0.2, -0.15) is 0 Å². The summed E-state index contributed by atoms with van der Waals surface area (Å²) in [5.41, 5.74) is -0.0379. The summed E-state index contributed by atoms with van der Waals surface area (Å²) in [7, 11) is -3.61. The molecule has 116 valence electrons. The van der Waals surface area contributed by atoms with Gasteiger partial charge in [-0.05, 0) is 18.2 Å². The third-order valence-corrected chi connectivity index (χ3v) is 4.19. The number of sulfone groups is 1. The second-order valence-electron chi connectivity index (χ2n) is 4.29. The summed E-state index contributed by atoms with van der Waals surface area (Å²) in [5, 5.41) is 19.8. The van der Waals surface area contributed by atoms with Gasteiger partial charge in [0.15, 0.2) is 9.84 Å². The third-order valence-electron chi connectivity index (χ3n) is 2.61. The quantitative estimate of drug-likeness (QED) is 0.688. The van der Waals surface area contributed by atoms with Gasteiger partial charge in [0, 0.05) is 24.8 Å². The second-order valence-corrected chi connectivity index (χ2v) is 6.69. The molecule has 1 aromatic rings. The van der Waals surface area contributed by atoms with Crippen molar-refractivity contribution in [2.45, 2.75) is 17.4 Å². The number of carbonyl (C=O) groups excluding carboxylic acids is 1. The first kappa shape index (κ1) is 17.4. The van der Waals surface area contributed by atoms with Crippen LogP contribution < -0.4 is 5.32 Å². The van der Waals surface area contributed by atoms with Crippen molar-refractivity contribution in [1.29, 1.82) is 0 Å². The molecule has 3 N–H and O–H groups in total. The number of hydrogen-bond donors (Lipinski definition) is 3. The Morgan fingerprint density at radius 1 is 1.38 bits per heavy atom. The number of hydrogen-bond acceptors (Lipinski definition) is 5. The molecule has 0 aliphatic heterocycles. The number of benzene rings is 1. The van der Waals surface area contributed by atoms with E-state index in [0.717, 1.165) is 12.3 Å². The lowest BCUT2D eigenvalue weighted by Gasteiger charge is -2.13. The molecule has 0 aliphatic carbocycles. The Kier molecular flexibility index (Phi) is 5.70. The smallest absolute Gasteiger partial charge is 0.326 e. The van der Waals surface area contributed by atoms with Crippen molar-refractivity contribution in [2.75, 3.05) is 12.9 Å². The highest BCUT2D eigenvalue weighted by atomic mass is 35.5. The van der Waals surface area contributed by atoms with Gasteiger partial charge in [0.1, 0.15) is 6.04 Å². The fourth-order valence-corrected chi connectivity index (χ4v) is 2.86. The lowest BCUT2D eigenvalue weighted by Crippen LogP contribution is -2.41. The Hall–Kier alpha value is -1.64. The highest BCUT2D eigenvalue weighted by molar-refractivity contribution is 7.90. The summed E-state index contributed by atoms with van der Waals surface area (Å²) >= 11 is 5.75. The summed E-state index contributed by atoms with van der Waals surface area (Å²) in [6.45, 7) is -0.410. The van der Waals surface area contributed by atoms with Gasteiger partial charge in [-0.25, -0.2) is 13.2 Å². The lowest BCUT2D eigenvalue weighted by molar-refractivity contribution is -0.139. The summed E-state index contributed by atoms with van der Waals surface area (Å²) in [6, 6.07) is 2.34. The van der Waals surface area contributed by atoms with Gasteiger partial charge < -0.3 is 15.5 Å². The Morgan fingerprint density at radius 2 is 2.00 bits per heavy atom. The number of nitrogens with one attached hydrogen (secondary N) is 1. The minimum Gasteiger partial charge on any atom is -0.480 e. The van der Waals surface area contributed by atoms with Crippen LogP contribution in [0.5, 0.6) is 0 Å². The Morgan fingerprint density at radius 3 is 2.48 bits per heavy atom. The van der Waals surface area contributed by atoms with Crippen LogP contribution >= 0.6 is 11.6 Å². The van der Waals surface area contributed by atoms with Crippen LogP contribution in [0.1, 0.15) is 16.8 Å². The molecule has 21 heavy (non-hydrogen) atoms. The maximum atomic E-state index is 11.9. The molecule has 9 heteroatoms. The number of halogens is 1. The van der Waals surface area contributed by atoms with Gasteiger partial charge in [-0.1, -0.05) is 11.6 Å². The van der Waals surface area contributed by atoms with Gasteiger partial charge in [-0.3, -0.25) is 4.79 Å². The van der Waals surface area contributed by atoms with E-state index >= 15 is 0 Å². The number of amides is 1. The number of aliphatic hydroxyl groups is 1. The van der Waals surface area contributed by atoms with Gasteiger partial charge in [-0.15, -0.1) is 0 Å². The molecule has 0 spiro atoms. The predicted molar refractivity (Wildman–Crippen MR) is 75.2 cm³/mol. The predicted octanol–water partition coefficient (Wildman–Crippen LogP) is 0.309. The van der Waals surface area contributed by atoms with Crippen LogP contribution in [0, 0.1) is 0 Å². The largest absolute Gasteiger partial charge is 0.480 e. The summed E-state index contributed by atoms with van der Waals surface area (Å²) in [4.78, 5) is 22.6. The van der Waals surface area contributed by atoms with E-state index in [1.807, 2.05) is 0 Å². The van der Waals surface area contributed by atoms with Crippen LogP contribution in [0.2, 0.25) is 5.02 Å². The maximum Gasteiger partial charge on any atom is 0.326 e. The SMILES string of the molecule is CS(=O)(=O)c1cc(C(=O)N[C@@H](CCO)C(=O)O)ccc1Cl. The first-order chi connectivity index (χ1) is 9.66. The zero-order valence-electron chi connectivity index (χ0n) is 11.0. The third kappa shape index (κ3) is 4.69. The van der Waals surface area contributed by atoms with E-state index < -0.39 is 34.4 Å². The molecular weight excluding hydrogens is 322 g/mol. The molecule has 0 heterocycles. The number of carboxylic acid groups (broad SMARTS) is 1. The van der Waals surface area contributed by atoms with Crippen molar-refractivity contribution in [1.82, 2.24) is 5.32 Å². The van der Waals surface area contributed by atoms with E-state index in [9.17, 15) is 18.0 Å². The number of carboxylic acids is 1. The standard InChI is InChI=1S/C12H14ClNO6S/c1-21(19,20)10-6-7(2-3-8(10)13)11(16)14-9(4-5-15)12(17)18/h2-3,6,9,15H,4-5H2,1H3,(H,14,16)(H,17,18)/t9-/m0/s1. The number of rotatable bonds is 6. The molecule has 0 saturated heterocycles. The van der Waals surface area contributed by atoms with Crippen molar-refractivity contribution in [3.63, 3.8) is 0 Å². The topological polar surface area (TPSA) is 121 Å². The van der Waals surface area contributed by atoms with Gasteiger partial charge in [0.2, 0.25) is 0 Å². The van der Waals surface area contributed by atoms with Crippen molar-refractivity contribution in [3.05, 3.63) is 28.8 Å². The number of aliphatic carboxylic acids is 1. The molecule has 1 rings (SSSR count). The highest BCUT2D eigenvalue weighted by Crippen LogP contribution is 2.22. The number of carbonyl (C=O) groups is 2. The Balaban J connectivity index is 3.06. The molecule has 0 unspecified atom stereocenters. The number of aliphatic hydroxyl groups excluding tert-OH is 1. The van der Waals surface area contributed by atoms with Crippen LogP contribution in [-0.2, 0) is 14.6 Å². The monoisotopic (exact) mass is 335 g/mol. The molecule has 1 amide bonds. The Bertz CT molecular complexity index is 658. The minimum absolute atomic E-state index is 0.0285. The minimum atomic E-state index is -3.61. The van der Waals surface area contributed by atoms with Gasteiger partial charge in [0.25, 0.3) is 5.91 Å². The average molecular weight is 336 g/mol. The van der Waals surface area contributed by atoms with Gasteiger partial charge in [0.05, 0.1) is 9.92 Å². The summed E-state index contributed by atoms with van der Waals surface area (Å²) < 4.78 is 23.0. The van der Waals surface area contributed by atoms with E-state index in [1.165, 1.54) is 12.1 Å². The van der Waals surface area contributed by atoms with E-state index in [-0.39, 0.29) is 21.9 Å².